The topological polar surface area (TPSA) is 21.3 Å². The van der Waals surface area contributed by atoms with Crippen LogP contribution in [0.4, 0.5) is 17.1 Å². The van der Waals surface area contributed by atoms with E-state index in [9.17, 15) is 0 Å². The lowest BCUT2D eigenvalue weighted by molar-refractivity contribution is 0.669. The first-order valence-corrected chi connectivity index (χ1v) is 17.8. The number of anilines is 3. The number of furan rings is 1. The van der Waals surface area contributed by atoms with Crippen LogP contribution in [0.15, 0.2) is 174 Å². The van der Waals surface area contributed by atoms with E-state index in [0.29, 0.717) is 0 Å². The van der Waals surface area contributed by atoms with Crippen LogP contribution in [0.1, 0.15) is 0 Å². The SMILES string of the molecule is c1ccc(-n2c3ccccc3c3cccc(N(c4cccc5c4ccc4oc6ccccc6c45)c4cccc5c4sc4ccccc45)c32)cc1. The van der Waals surface area contributed by atoms with Crippen LogP contribution in [0, 0.1) is 0 Å². The molecule has 0 aliphatic carbocycles. The Bertz CT molecular complexity index is 3110. The average molecular weight is 657 g/mol. The summed E-state index contributed by atoms with van der Waals surface area (Å²) in [5, 5.41) is 9.64. The summed E-state index contributed by atoms with van der Waals surface area (Å²) in [5.41, 5.74) is 8.70. The van der Waals surface area contributed by atoms with Gasteiger partial charge in [0, 0.05) is 48.1 Å². The molecule has 0 saturated heterocycles. The molecule has 3 heterocycles. The molecule has 0 spiro atoms. The number of rotatable bonds is 4. The van der Waals surface area contributed by atoms with Crippen molar-refractivity contribution in [3.63, 3.8) is 0 Å². The van der Waals surface area contributed by atoms with Crippen LogP contribution >= 0.6 is 11.3 Å². The Morgan fingerprint density at radius 1 is 0.420 bits per heavy atom. The largest absolute Gasteiger partial charge is 0.456 e. The maximum absolute atomic E-state index is 6.36. The first kappa shape index (κ1) is 27.6. The number of fused-ring (bicyclic) bond motifs is 11. The molecule has 0 bridgehead atoms. The molecule has 0 saturated carbocycles. The van der Waals surface area contributed by atoms with Crippen LogP contribution in [0.2, 0.25) is 0 Å². The molecular formula is C46H28N2OS. The Kier molecular flexibility index (Phi) is 5.83. The molecule has 4 heteroatoms. The van der Waals surface area contributed by atoms with Gasteiger partial charge in [0.2, 0.25) is 0 Å². The second-order valence-electron chi connectivity index (χ2n) is 12.9. The maximum atomic E-state index is 6.36. The summed E-state index contributed by atoms with van der Waals surface area (Å²) >= 11 is 1.86. The van der Waals surface area contributed by atoms with Crippen LogP contribution in [0.5, 0.6) is 0 Å². The molecule has 3 nitrogen and oxygen atoms in total. The minimum atomic E-state index is 0.903. The lowest BCUT2D eigenvalue weighted by Crippen LogP contribution is -2.12. The number of hydrogen-bond acceptors (Lipinski definition) is 3. The summed E-state index contributed by atoms with van der Waals surface area (Å²) in [7, 11) is 0. The summed E-state index contributed by atoms with van der Waals surface area (Å²) in [4.78, 5) is 2.51. The van der Waals surface area contributed by atoms with E-state index in [-0.39, 0.29) is 0 Å². The van der Waals surface area contributed by atoms with Crippen LogP contribution in [0.25, 0.3) is 80.4 Å². The molecule has 0 amide bonds. The van der Waals surface area contributed by atoms with Crippen LogP contribution < -0.4 is 4.90 Å². The lowest BCUT2D eigenvalue weighted by Gasteiger charge is -2.29. The van der Waals surface area contributed by atoms with Gasteiger partial charge < -0.3 is 13.9 Å². The van der Waals surface area contributed by atoms with Gasteiger partial charge in [0.1, 0.15) is 11.2 Å². The smallest absolute Gasteiger partial charge is 0.136 e. The van der Waals surface area contributed by atoms with Gasteiger partial charge in [-0.2, -0.15) is 0 Å². The average Bonchev–Trinajstić information content (AvgIpc) is 3.86. The molecule has 0 atom stereocenters. The summed E-state index contributed by atoms with van der Waals surface area (Å²) in [6, 6.07) is 61.3. The van der Waals surface area contributed by atoms with E-state index in [1.54, 1.807) is 0 Å². The highest BCUT2D eigenvalue weighted by Crippen LogP contribution is 2.50. The van der Waals surface area contributed by atoms with Gasteiger partial charge in [-0.15, -0.1) is 11.3 Å². The van der Waals surface area contributed by atoms with Crippen molar-refractivity contribution >= 4 is 103 Å². The van der Waals surface area contributed by atoms with Gasteiger partial charge in [-0.05, 0) is 66.0 Å². The number of hydrogen-bond donors (Lipinski definition) is 0. The monoisotopic (exact) mass is 656 g/mol. The molecule has 0 aliphatic heterocycles. The third-order valence-electron chi connectivity index (χ3n) is 10.2. The highest BCUT2D eigenvalue weighted by Gasteiger charge is 2.25. The number of aromatic nitrogens is 1. The fraction of sp³-hybridized carbons (Fsp3) is 0. The highest BCUT2D eigenvalue weighted by molar-refractivity contribution is 7.26. The number of benzene rings is 8. The van der Waals surface area contributed by atoms with Crippen molar-refractivity contribution < 1.29 is 4.42 Å². The Balaban J connectivity index is 1.31. The molecule has 11 aromatic rings. The predicted octanol–water partition coefficient (Wildman–Crippen LogP) is 13.7. The van der Waals surface area contributed by atoms with E-state index in [4.69, 9.17) is 4.42 Å². The van der Waals surface area contributed by atoms with Gasteiger partial charge in [0.05, 0.1) is 32.8 Å². The molecule has 0 fully saturated rings. The summed E-state index contributed by atoms with van der Waals surface area (Å²) < 4.78 is 11.3. The zero-order valence-electron chi connectivity index (χ0n) is 26.9. The van der Waals surface area contributed by atoms with Gasteiger partial charge in [0.15, 0.2) is 0 Å². The van der Waals surface area contributed by atoms with Crippen molar-refractivity contribution in [3.8, 4) is 5.69 Å². The van der Waals surface area contributed by atoms with Gasteiger partial charge in [0.25, 0.3) is 0 Å². The molecule has 11 rings (SSSR count). The fourth-order valence-electron chi connectivity index (χ4n) is 8.08. The predicted molar refractivity (Wildman–Crippen MR) is 213 cm³/mol. The molecule has 0 aliphatic rings. The van der Waals surface area contributed by atoms with Crippen LogP contribution in [-0.4, -0.2) is 4.57 Å². The summed E-state index contributed by atoms with van der Waals surface area (Å²) in [6.07, 6.45) is 0. The lowest BCUT2D eigenvalue weighted by atomic mass is 10.0. The van der Waals surface area contributed by atoms with E-state index in [1.807, 2.05) is 17.4 Å². The zero-order valence-corrected chi connectivity index (χ0v) is 27.7. The Hall–Kier alpha value is -6.36. The molecule has 8 aromatic carbocycles. The Morgan fingerprint density at radius 2 is 1.08 bits per heavy atom. The van der Waals surface area contributed by atoms with E-state index in [0.717, 1.165) is 44.7 Å². The normalized spacial score (nSPS) is 12.0. The van der Waals surface area contributed by atoms with E-state index >= 15 is 0 Å². The van der Waals surface area contributed by atoms with Crippen molar-refractivity contribution in [2.24, 2.45) is 0 Å². The maximum Gasteiger partial charge on any atom is 0.136 e. The van der Waals surface area contributed by atoms with Crippen molar-refractivity contribution in [1.29, 1.82) is 0 Å². The van der Waals surface area contributed by atoms with Gasteiger partial charge in [-0.3, -0.25) is 0 Å². The first-order valence-electron chi connectivity index (χ1n) is 16.9. The Morgan fingerprint density at radius 3 is 1.96 bits per heavy atom. The fourth-order valence-corrected chi connectivity index (χ4v) is 9.29. The van der Waals surface area contributed by atoms with Gasteiger partial charge in [-0.1, -0.05) is 109 Å². The summed E-state index contributed by atoms with van der Waals surface area (Å²) in [6.45, 7) is 0. The molecule has 50 heavy (non-hydrogen) atoms. The molecular weight excluding hydrogens is 629 g/mol. The van der Waals surface area contributed by atoms with Crippen molar-refractivity contribution in [1.82, 2.24) is 4.57 Å². The van der Waals surface area contributed by atoms with Crippen LogP contribution in [0.3, 0.4) is 0 Å². The number of nitrogens with zero attached hydrogens (tertiary/aromatic N) is 2. The third-order valence-corrected chi connectivity index (χ3v) is 11.4. The Labute approximate surface area is 291 Å². The van der Waals surface area contributed by atoms with Crippen LogP contribution in [-0.2, 0) is 0 Å². The molecule has 0 radical (unpaired) electrons. The van der Waals surface area contributed by atoms with E-state index in [1.165, 1.54) is 52.8 Å². The zero-order chi connectivity index (χ0) is 32.8. The van der Waals surface area contributed by atoms with E-state index < -0.39 is 0 Å². The van der Waals surface area contributed by atoms with Gasteiger partial charge in [-0.25, -0.2) is 0 Å². The minimum Gasteiger partial charge on any atom is -0.456 e. The third kappa shape index (κ3) is 3.85. The number of para-hydroxylation sites is 4. The van der Waals surface area contributed by atoms with Gasteiger partial charge >= 0.3 is 0 Å². The van der Waals surface area contributed by atoms with Crippen molar-refractivity contribution in [2.75, 3.05) is 4.90 Å². The first-order chi connectivity index (χ1) is 24.8. The summed E-state index contributed by atoms with van der Waals surface area (Å²) in [5.74, 6) is 0. The second-order valence-corrected chi connectivity index (χ2v) is 13.9. The second kappa shape index (κ2) is 10.6. The van der Waals surface area contributed by atoms with E-state index in [2.05, 4.69) is 173 Å². The quantitative estimate of drug-likeness (QED) is 0.188. The highest BCUT2D eigenvalue weighted by atomic mass is 32.1. The molecule has 234 valence electrons. The standard InChI is InChI=1S/C46H28N2OS/c1-2-13-29(14-3-1)47-37-21-7-4-15-30(37)34-19-11-23-39(45(34)47)48(40-24-12-20-35-32-16-6-9-26-43(32)50-46(35)40)38-22-10-18-33-31(38)27-28-42-44(33)36-17-5-8-25-41(36)49-42/h1-28H. The number of thiophene rings is 1. The molecule has 0 unspecified atom stereocenters. The van der Waals surface area contributed by atoms with Crippen molar-refractivity contribution in [3.05, 3.63) is 170 Å². The molecule has 0 N–H and O–H groups in total. The van der Waals surface area contributed by atoms with Crippen molar-refractivity contribution in [2.45, 2.75) is 0 Å². The minimum absolute atomic E-state index is 0.903. The molecule has 3 aromatic heterocycles.